The van der Waals surface area contributed by atoms with E-state index in [1.54, 1.807) is 0 Å². The minimum Gasteiger partial charge on any atom is -0.336 e. The molecule has 1 amide bonds. The molecule has 3 aromatic rings. The molecule has 0 radical (unpaired) electrons. The number of carbonyl (C=O) groups excluding carboxylic acids is 1. The number of likely N-dealkylation sites (tertiary alicyclic amines) is 1. The largest absolute Gasteiger partial charge is 0.336 e. The Kier molecular flexibility index (Phi) is 4.64. The molecular formula is C22H21ClN2O. The van der Waals surface area contributed by atoms with Gasteiger partial charge in [-0.15, -0.1) is 0 Å². The van der Waals surface area contributed by atoms with Crippen LogP contribution in [0.15, 0.2) is 54.6 Å². The molecule has 2 aromatic carbocycles. The first-order valence-electron chi connectivity index (χ1n) is 9.10. The Morgan fingerprint density at radius 3 is 2.65 bits per heavy atom. The van der Waals surface area contributed by atoms with E-state index in [1.165, 1.54) is 6.42 Å². The first-order chi connectivity index (χ1) is 12.6. The topological polar surface area (TPSA) is 33.2 Å². The van der Waals surface area contributed by atoms with Crippen molar-refractivity contribution in [2.45, 2.75) is 32.2 Å². The summed E-state index contributed by atoms with van der Waals surface area (Å²) < 4.78 is 0. The molecule has 132 valence electrons. The van der Waals surface area contributed by atoms with Crippen molar-refractivity contribution in [3.8, 4) is 11.3 Å². The number of carbonyl (C=O) groups is 1. The number of para-hydroxylation sites is 1. The van der Waals surface area contributed by atoms with Gasteiger partial charge in [-0.05, 0) is 50.5 Å². The van der Waals surface area contributed by atoms with E-state index in [4.69, 9.17) is 16.6 Å². The lowest BCUT2D eigenvalue weighted by Crippen LogP contribution is -2.42. The number of benzene rings is 2. The minimum atomic E-state index is 0.103. The Labute approximate surface area is 158 Å². The average Bonchev–Trinajstić information content (AvgIpc) is 2.67. The van der Waals surface area contributed by atoms with Crippen LogP contribution >= 0.6 is 11.6 Å². The lowest BCUT2D eigenvalue weighted by atomic mass is 9.99. The summed E-state index contributed by atoms with van der Waals surface area (Å²) in [6.07, 6.45) is 3.33. The highest BCUT2D eigenvalue weighted by Gasteiger charge is 2.26. The van der Waals surface area contributed by atoms with Crippen molar-refractivity contribution in [1.29, 1.82) is 0 Å². The van der Waals surface area contributed by atoms with Crippen molar-refractivity contribution in [3.05, 3.63) is 65.2 Å². The summed E-state index contributed by atoms with van der Waals surface area (Å²) in [5.74, 6) is 0.103. The molecule has 1 fully saturated rings. The Morgan fingerprint density at radius 2 is 1.88 bits per heavy atom. The van der Waals surface area contributed by atoms with Gasteiger partial charge in [-0.25, -0.2) is 4.98 Å². The molecular weight excluding hydrogens is 344 g/mol. The van der Waals surface area contributed by atoms with E-state index in [-0.39, 0.29) is 11.9 Å². The van der Waals surface area contributed by atoms with Crippen molar-refractivity contribution in [1.82, 2.24) is 9.88 Å². The van der Waals surface area contributed by atoms with E-state index < -0.39 is 0 Å². The first kappa shape index (κ1) is 17.0. The summed E-state index contributed by atoms with van der Waals surface area (Å²) in [5, 5.41) is 1.60. The van der Waals surface area contributed by atoms with Gasteiger partial charge in [0, 0.05) is 28.6 Å². The van der Waals surface area contributed by atoms with Gasteiger partial charge in [0.25, 0.3) is 5.91 Å². The summed E-state index contributed by atoms with van der Waals surface area (Å²) in [4.78, 5) is 20.1. The smallest absolute Gasteiger partial charge is 0.254 e. The Morgan fingerprint density at radius 1 is 1.12 bits per heavy atom. The maximum atomic E-state index is 13.3. The molecule has 0 N–H and O–H groups in total. The van der Waals surface area contributed by atoms with Gasteiger partial charge in [0.15, 0.2) is 0 Å². The number of fused-ring (bicyclic) bond motifs is 1. The van der Waals surface area contributed by atoms with E-state index in [0.717, 1.165) is 47.1 Å². The molecule has 0 spiro atoms. The fraction of sp³-hybridized carbons (Fsp3) is 0.273. The van der Waals surface area contributed by atoms with Gasteiger partial charge < -0.3 is 4.90 Å². The summed E-state index contributed by atoms with van der Waals surface area (Å²) >= 11 is 6.01. The van der Waals surface area contributed by atoms with Crippen LogP contribution in [0.4, 0.5) is 0 Å². The maximum absolute atomic E-state index is 13.3. The van der Waals surface area contributed by atoms with Crippen LogP contribution in [0.25, 0.3) is 22.2 Å². The fourth-order valence-corrected chi connectivity index (χ4v) is 3.80. The predicted octanol–water partition coefficient (Wildman–Crippen LogP) is 5.57. The number of piperidine rings is 1. The third-order valence-electron chi connectivity index (χ3n) is 5.15. The van der Waals surface area contributed by atoms with E-state index in [9.17, 15) is 4.79 Å². The monoisotopic (exact) mass is 364 g/mol. The molecule has 4 heteroatoms. The van der Waals surface area contributed by atoms with E-state index >= 15 is 0 Å². The normalized spacial score (nSPS) is 17.5. The lowest BCUT2D eigenvalue weighted by molar-refractivity contribution is 0.0637. The minimum absolute atomic E-state index is 0.103. The second-order valence-corrected chi connectivity index (χ2v) is 7.36. The molecule has 0 bridgehead atoms. The standard InChI is InChI=1S/C22H21ClN2O/c1-15-6-4-5-13-25(15)22(26)19-14-21(16-9-11-17(23)12-10-16)24-20-8-3-2-7-18(19)20/h2-3,7-12,14-15H,4-6,13H2,1H3/t15-/m0/s1. The zero-order valence-electron chi connectivity index (χ0n) is 14.8. The second kappa shape index (κ2) is 7.08. The van der Waals surface area contributed by atoms with Gasteiger partial charge in [0.2, 0.25) is 0 Å². The SMILES string of the molecule is C[C@H]1CCCCN1C(=O)c1cc(-c2ccc(Cl)cc2)nc2ccccc12. The number of pyridine rings is 1. The maximum Gasteiger partial charge on any atom is 0.254 e. The molecule has 3 nitrogen and oxygen atoms in total. The second-order valence-electron chi connectivity index (χ2n) is 6.92. The molecule has 1 atom stereocenters. The molecule has 0 unspecified atom stereocenters. The molecule has 4 rings (SSSR count). The van der Waals surface area contributed by atoms with Crippen LogP contribution in [0.5, 0.6) is 0 Å². The highest BCUT2D eigenvalue weighted by molar-refractivity contribution is 6.30. The number of amides is 1. The Bertz CT molecular complexity index is 952. The van der Waals surface area contributed by atoms with Crippen LogP contribution in [-0.4, -0.2) is 28.4 Å². The van der Waals surface area contributed by atoms with Crippen LogP contribution in [0.2, 0.25) is 5.02 Å². The number of halogens is 1. The van der Waals surface area contributed by atoms with Crippen LogP contribution in [-0.2, 0) is 0 Å². The number of rotatable bonds is 2. The molecule has 0 saturated carbocycles. The molecule has 1 aliphatic rings. The Hall–Kier alpha value is -2.39. The third kappa shape index (κ3) is 3.19. The van der Waals surface area contributed by atoms with Crippen LogP contribution in [0, 0.1) is 0 Å². The van der Waals surface area contributed by atoms with Crippen molar-refractivity contribution in [2.75, 3.05) is 6.54 Å². The van der Waals surface area contributed by atoms with Gasteiger partial charge >= 0.3 is 0 Å². The summed E-state index contributed by atoms with van der Waals surface area (Å²) in [6.45, 7) is 2.97. The van der Waals surface area contributed by atoms with Gasteiger partial charge in [0.05, 0.1) is 16.8 Å². The number of nitrogens with zero attached hydrogens (tertiary/aromatic N) is 2. The van der Waals surface area contributed by atoms with Gasteiger partial charge in [-0.1, -0.05) is 41.9 Å². The quantitative estimate of drug-likeness (QED) is 0.595. The highest BCUT2D eigenvalue weighted by Crippen LogP contribution is 2.28. The Balaban J connectivity index is 1.84. The van der Waals surface area contributed by atoms with Crippen LogP contribution < -0.4 is 0 Å². The molecule has 1 aromatic heterocycles. The lowest BCUT2D eigenvalue weighted by Gasteiger charge is -2.33. The van der Waals surface area contributed by atoms with Crippen molar-refractivity contribution in [3.63, 3.8) is 0 Å². The van der Waals surface area contributed by atoms with Gasteiger partial charge in [0.1, 0.15) is 0 Å². The average molecular weight is 365 g/mol. The predicted molar refractivity (Wildman–Crippen MR) is 107 cm³/mol. The summed E-state index contributed by atoms with van der Waals surface area (Å²) in [5.41, 5.74) is 3.33. The highest BCUT2D eigenvalue weighted by atomic mass is 35.5. The van der Waals surface area contributed by atoms with Crippen LogP contribution in [0.3, 0.4) is 0 Å². The molecule has 26 heavy (non-hydrogen) atoms. The zero-order chi connectivity index (χ0) is 18.1. The number of aromatic nitrogens is 1. The van der Waals surface area contributed by atoms with Crippen molar-refractivity contribution >= 4 is 28.4 Å². The molecule has 2 heterocycles. The molecule has 1 aliphatic heterocycles. The fourth-order valence-electron chi connectivity index (χ4n) is 3.68. The molecule has 1 saturated heterocycles. The van der Waals surface area contributed by atoms with Crippen molar-refractivity contribution in [2.24, 2.45) is 0 Å². The summed E-state index contributed by atoms with van der Waals surface area (Å²) in [6, 6.07) is 17.7. The first-order valence-corrected chi connectivity index (χ1v) is 9.48. The van der Waals surface area contributed by atoms with E-state index in [0.29, 0.717) is 5.02 Å². The third-order valence-corrected chi connectivity index (χ3v) is 5.40. The summed E-state index contributed by atoms with van der Waals surface area (Å²) in [7, 11) is 0. The molecule has 0 aliphatic carbocycles. The number of hydrogen-bond donors (Lipinski definition) is 0. The zero-order valence-corrected chi connectivity index (χ0v) is 15.5. The number of hydrogen-bond acceptors (Lipinski definition) is 2. The van der Waals surface area contributed by atoms with Crippen LogP contribution in [0.1, 0.15) is 36.5 Å². The van der Waals surface area contributed by atoms with Gasteiger partial charge in [-0.3, -0.25) is 4.79 Å². The van der Waals surface area contributed by atoms with E-state index in [1.807, 2.05) is 59.5 Å². The van der Waals surface area contributed by atoms with E-state index in [2.05, 4.69) is 6.92 Å². The van der Waals surface area contributed by atoms with Gasteiger partial charge in [-0.2, -0.15) is 0 Å². The van der Waals surface area contributed by atoms with Crippen molar-refractivity contribution < 1.29 is 4.79 Å².